The summed E-state index contributed by atoms with van der Waals surface area (Å²) in [5, 5.41) is 9.89. The Hall–Kier alpha value is -1.74. The second kappa shape index (κ2) is 4.42. The van der Waals surface area contributed by atoms with E-state index in [1.807, 2.05) is 0 Å². The molecule has 1 nitrogen and oxygen atoms in total. The minimum atomic E-state index is -0.720. The van der Waals surface area contributed by atoms with Crippen LogP contribution in [-0.4, -0.2) is 10.7 Å². The molecule has 1 N–H and O–H groups in total. The van der Waals surface area contributed by atoms with E-state index < -0.39 is 5.60 Å². The Morgan fingerprint density at radius 2 is 1.58 bits per heavy atom. The van der Waals surface area contributed by atoms with Crippen molar-refractivity contribution >= 4 is 0 Å². The van der Waals surface area contributed by atoms with Crippen molar-refractivity contribution in [1.29, 1.82) is 0 Å². The Balaban J connectivity index is 1.94. The molecule has 0 amide bonds. The molecule has 1 aliphatic carbocycles. The van der Waals surface area contributed by atoms with Crippen LogP contribution in [0.5, 0.6) is 0 Å². The van der Waals surface area contributed by atoms with Crippen LogP contribution in [0.1, 0.15) is 18.4 Å². The zero-order valence-corrected chi connectivity index (χ0v) is 10.4. The third-order valence-electron chi connectivity index (χ3n) is 3.57. The Labute approximate surface area is 110 Å². The molecule has 98 valence electrons. The second-order valence-corrected chi connectivity index (χ2v) is 5.21. The van der Waals surface area contributed by atoms with Gasteiger partial charge in [0.25, 0.3) is 0 Å². The lowest BCUT2D eigenvalue weighted by molar-refractivity contribution is 0.150. The molecule has 2 aromatic rings. The second-order valence-electron chi connectivity index (χ2n) is 5.21. The molecule has 0 aromatic heterocycles. The van der Waals surface area contributed by atoms with Gasteiger partial charge in [0.05, 0.1) is 5.60 Å². The predicted octanol–water partition coefficient (Wildman–Crippen LogP) is 3.70. The molecule has 0 unspecified atom stereocenters. The third-order valence-corrected chi connectivity index (χ3v) is 3.57. The quantitative estimate of drug-likeness (QED) is 0.892. The SMILES string of the molecule is OC1(Cc2cc(-c3ccc(F)cc3)ccc2F)CC1. The number of aliphatic hydroxyl groups is 1. The lowest BCUT2D eigenvalue weighted by Gasteiger charge is -2.10. The highest BCUT2D eigenvalue weighted by atomic mass is 19.1. The van der Waals surface area contributed by atoms with Gasteiger partial charge in [-0.2, -0.15) is 0 Å². The van der Waals surface area contributed by atoms with E-state index >= 15 is 0 Å². The molecule has 1 fully saturated rings. The summed E-state index contributed by atoms with van der Waals surface area (Å²) in [6.45, 7) is 0. The first-order valence-electron chi connectivity index (χ1n) is 6.33. The van der Waals surface area contributed by atoms with Crippen LogP contribution >= 0.6 is 0 Å². The van der Waals surface area contributed by atoms with Gasteiger partial charge < -0.3 is 5.11 Å². The normalized spacial score (nSPS) is 16.4. The molecule has 0 saturated heterocycles. The molecule has 0 atom stereocenters. The Morgan fingerprint density at radius 3 is 2.21 bits per heavy atom. The highest BCUT2D eigenvalue weighted by Gasteiger charge is 2.40. The van der Waals surface area contributed by atoms with Crippen molar-refractivity contribution in [3.05, 3.63) is 59.7 Å². The molecule has 3 rings (SSSR count). The summed E-state index contributed by atoms with van der Waals surface area (Å²) in [6, 6.07) is 10.9. The van der Waals surface area contributed by atoms with Crippen LogP contribution in [0.4, 0.5) is 8.78 Å². The minimum Gasteiger partial charge on any atom is -0.390 e. The van der Waals surface area contributed by atoms with Gasteiger partial charge in [-0.25, -0.2) is 8.78 Å². The number of benzene rings is 2. The van der Waals surface area contributed by atoms with Crippen molar-refractivity contribution in [2.75, 3.05) is 0 Å². The molecule has 1 saturated carbocycles. The van der Waals surface area contributed by atoms with Crippen LogP contribution in [0.3, 0.4) is 0 Å². The van der Waals surface area contributed by atoms with Crippen LogP contribution in [0.25, 0.3) is 11.1 Å². The van der Waals surface area contributed by atoms with E-state index in [-0.39, 0.29) is 11.6 Å². The van der Waals surface area contributed by atoms with E-state index in [0.717, 1.165) is 24.0 Å². The maximum absolute atomic E-state index is 13.7. The average Bonchev–Trinajstić information content (AvgIpc) is 3.11. The van der Waals surface area contributed by atoms with Gasteiger partial charge in [-0.05, 0) is 53.8 Å². The fraction of sp³-hybridized carbons (Fsp3) is 0.250. The van der Waals surface area contributed by atoms with Gasteiger partial charge in [-0.1, -0.05) is 18.2 Å². The first-order chi connectivity index (χ1) is 9.06. The monoisotopic (exact) mass is 260 g/mol. The molecule has 3 heteroatoms. The summed E-state index contributed by atoms with van der Waals surface area (Å²) in [7, 11) is 0. The molecule has 19 heavy (non-hydrogen) atoms. The smallest absolute Gasteiger partial charge is 0.126 e. The molecule has 0 radical (unpaired) electrons. The number of hydrogen-bond acceptors (Lipinski definition) is 1. The zero-order chi connectivity index (χ0) is 13.5. The Bertz CT molecular complexity index is 601. The minimum absolute atomic E-state index is 0.293. The summed E-state index contributed by atoms with van der Waals surface area (Å²) in [4.78, 5) is 0. The van der Waals surface area contributed by atoms with Crippen LogP contribution in [0.2, 0.25) is 0 Å². The predicted molar refractivity (Wildman–Crippen MR) is 69.7 cm³/mol. The number of halogens is 2. The van der Waals surface area contributed by atoms with Crippen molar-refractivity contribution in [3.63, 3.8) is 0 Å². The van der Waals surface area contributed by atoms with Crippen LogP contribution < -0.4 is 0 Å². The lowest BCUT2D eigenvalue weighted by atomic mass is 9.99. The lowest BCUT2D eigenvalue weighted by Crippen LogP contribution is -2.12. The van der Waals surface area contributed by atoms with Gasteiger partial charge in [0.15, 0.2) is 0 Å². The Kier molecular flexibility index (Phi) is 2.86. The fourth-order valence-electron chi connectivity index (χ4n) is 2.21. The fourth-order valence-corrected chi connectivity index (χ4v) is 2.21. The van der Waals surface area contributed by atoms with Gasteiger partial charge in [-0.15, -0.1) is 0 Å². The summed E-state index contributed by atoms with van der Waals surface area (Å²) >= 11 is 0. The maximum Gasteiger partial charge on any atom is 0.126 e. The molecule has 2 aromatic carbocycles. The summed E-state index contributed by atoms with van der Waals surface area (Å²) in [5.41, 5.74) is 1.47. The van der Waals surface area contributed by atoms with E-state index in [2.05, 4.69) is 0 Å². The number of rotatable bonds is 3. The zero-order valence-electron chi connectivity index (χ0n) is 10.4. The summed E-state index contributed by atoms with van der Waals surface area (Å²) < 4.78 is 26.6. The van der Waals surface area contributed by atoms with Crippen LogP contribution in [-0.2, 0) is 6.42 Å². The van der Waals surface area contributed by atoms with E-state index in [9.17, 15) is 13.9 Å². The van der Waals surface area contributed by atoms with E-state index in [4.69, 9.17) is 0 Å². The first kappa shape index (κ1) is 12.3. The maximum atomic E-state index is 13.7. The van der Waals surface area contributed by atoms with Gasteiger partial charge in [0.1, 0.15) is 11.6 Å². The van der Waals surface area contributed by atoms with Gasteiger partial charge in [0.2, 0.25) is 0 Å². The van der Waals surface area contributed by atoms with Crippen molar-refractivity contribution < 1.29 is 13.9 Å². The van der Waals surface area contributed by atoms with Crippen molar-refractivity contribution in [2.24, 2.45) is 0 Å². The molecule has 0 heterocycles. The molecule has 0 aliphatic heterocycles. The Morgan fingerprint density at radius 1 is 0.947 bits per heavy atom. The standard InChI is InChI=1S/C16H14F2O/c17-14-4-1-11(2-5-14)12-3-6-15(18)13(9-12)10-16(19)7-8-16/h1-6,9,19H,7-8,10H2. The van der Waals surface area contributed by atoms with Crippen molar-refractivity contribution in [1.82, 2.24) is 0 Å². The molecular weight excluding hydrogens is 246 g/mol. The van der Waals surface area contributed by atoms with E-state index in [1.165, 1.54) is 18.2 Å². The third kappa shape index (κ3) is 2.66. The molecule has 1 aliphatic rings. The van der Waals surface area contributed by atoms with Crippen molar-refractivity contribution in [2.45, 2.75) is 24.9 Å². The van der Waals surface area contributed by atoms with Gasteiger partial charge in [-0.3, -0.25) is 0 Å². The number of hydrogen-bond donors (Lipinski definition) is 1. The largest absolute Gasteiger partial charge is 0.390 e. The summed E-state index contributed by atoms with van der Waals surface area (Å²) in [5.74, 6) is -0.593. The van der Waals surface area contributed by atoms with Gasteiger partial charge >= 0.3 is 0 Å². The first-order valence-corrected chi connectivity index (χ1v) is 6.33. The van der Waals surface area contributed by atoms with Crippen molar-refractivity contribution in [3.8, 4) is 11.1 Å². The van der Waals surface area contributed by atoms with Crippen LogP contribution in [0, 0.1) is 11.6 Å². The molecule has 0 spiro atoms. The van der Waals surface area contributed by atoms with E-state index in [1.54, 1.807) is 24.3 Å². The summed E-state index contributed by atoms with van der Waals surface area (Å²) in [6.07, 6.45) is 1.80. The van der Waals surface area contributed by atoms with Gasteiger partial charge in [0, 0.05) is 6.42 Å². The van der Waals surface area contributed by atoms with E-state index in [0.29, 0.717) is 12.0 Å². The topological polar surface area (TPSA) is 20.2 Å². The average molecular weight is 260 g/mol. The highest BCUT2D eigenvalue weighted by molar-refractivity contribution is 5.64. The molecular formula is C16H14F2O. The molecule has 0 bridgehead atoms. The van der Waals surface area contributed by atoms with Crippen LogP contribution in [0.15, 0.2) is 42.5 Å². The highest BCUT2D eigenvalue weighted by Crippen LogP contribution is 2.39.